The van der Waals surface area contributed by atoms with Gasteiger partial charge in [0, 0.05) is 0 Å². The summed E-state index contributed by atoms with van der Waals surface area (Å²) < 4.78 is 157. The number of nitrogens with zero attached hydrogens (tertiary/aromatic N) is 1. The van der Waals surface area contributed by atoms with Gasteiger partial charge in [-0.2, -0.15) is 52.7 Å². The normalized spacial score (nSPS) is 13.4. The Balaban J connectivity index is 3.06. The lowest BCUT2D eigenvalue weighted by atomic mass is 9.93. The van der Waals surface area contributed by atoms with Crippen LogP contribution in [0.3, 0.4) is 0 Å². The maximum Gasteiger partial charge on any atom is 0.423 e. The SMILES string of the molecule is O=[N+]([O-])c1c(-c2cc(C(F)(F)F)cc(C(F)(F)F)c2)cc(C(F)(F)F)cc1C(F)(F)F. The van der Waals surface area contributed by atoms with Crippen molar-refractivity contribution in [2.45, 2.75) is 24.7 Å². The number of alkyl halides is 12. The largest absolute Gasteiger partial charge is 0.423 e. The van der Waals surface area contributed by atoms with Crippen molar-refractivity contribution >= 4 is 5.69 Å². The van der Waals surface area contributed by atoms with Crippen LogP contribution in [-0.2, 0) is 24.7 Å². The summed E-state index contributed by atoms with van der Waals surface area (Å²) in [5.41, 5.74) is -14.2. The van der Waals surface area contributed by atoms with E-state index in [1.165, 1.54) is 0 Å². The highest BCUT2D eigenvalue weighted by Crippen LogP contribution is 2.47. The summed E-state index contributed by atoms with van der Waals surface area (Å²) in [5, 5.41) is 11.2. The monoisotopic (exact) mass is 471 g/mol. The van der Waals surface area contributed by atoms with E-state index in [2.05, 4.69) is 0 Å². The highest BCUT2D eigenvalue weighted by Gasteiger charge is 2.45. The Labute approximate surface area is 163 Å². The number of nitro groups is 1. The van der Waals surface area contributed by atoms with E-state index in [1.807, 2.05) is 0 Å². The molecular weight excluding hydrogens is 466 g/mol. The van der Waals surface area contributed by atoms with E-state index in [0.29, 0.717) is 0 Å². The maximum atomic E-state index is 13.2. The first-order valence-electron chi connectivity index (χ1n) is 7.49. The molecule has 0 aliphatic heterocycles. The zero-order valence-corrected chi connectivity index (χ0v) is 14.2. The molecule has 0 saturated heterocycles. The summed E-state index contributed by atoms with van der Waals surface area (Å²) in [7, 11) is 0. The molecule has 170 valence electrons. The summed E-state index contributed by atoms with van der Waals surface area (Å²) in [6.07, 6.45) is -22.3. The minimum atomic E-state index is -5.78. The first-order chi connectivity index (χ1) is 13.7. The molecule has 31 heavy (non-hydrogen) atoms. The van der Waals surface area contributed by atoms with Gasteiger partial charge in [-0.05, 0) is 35.9 Å². The zero-order valence-electron chi connectivity index (χ0n) is 14.2. The summed E-state index contributed by atoms with van der Waals surface area (Å²) in [6, 6.07) is -1.83. The molecule has 2 aromatic carbocycles. The fourth-order valence-electron chi connectivity index (χ4n) is 2.54. The fraction of sp³-hybridized carbons (Fsp3) is 0.250. The minimum absolute atomic E-state index is 0.210. The summed E-state index contributed by atoms with van der Waals surface area (Å²) in [4.78, 5) is 9.33. The van der Waals surface area contributed by atoms with Gasteiger partial charge in [0.2, 0.25) is 0 Å². The van der Waals surface area contributed by atoms with Crippen LogP contribution in [0.1, 0.15) is 22.3 Å². The highest BCUT2D eigenvalue weighted by atomic mass is 19.4. The Hall–Kier alpha value is -3.00. The molecule has 0 fully saturated rings. The third kappa shape index (κ3) is 5.19. The van der Waals surface area contributed by atoms with Crippen molar-refractivity contribution in [1.82, 2.24) is 0 Å². The molecule has 0 heterocycles. The van der Waals surface area contributed by atoms with Crippen LogP contribution in [0.2, 0.25) is 0 Å². The molecule has 0 bridgehead atoms. The molecule has 0 spiro atoms. The average Bonchev–Trinajstić information content (AvgIpc) is 2.57. The van der Waals surface area contributed by atoms with Gasteiger partial charge in [-0.1, -0.05) is 0 Å². The van der Waals surface area contributed by atoms with Gasteiger partial charge in [-0.3, -0.25) is 10.1 Å². The molecule has 3 nitrogen and oxygen atoms in total. The van der Waals surface area contributed by atoms with Crippen molar-refractivity contribution in [3.8, 4) is 11.1 Å². The second-order valence-corrected chi connectivity index (χ2v) is 5.97. The van der Waals surface area contributed by atoms with Crippen LogP contribution >= 0.6 is 0 Å². The Morgan fingerprint density at radius 2 is 0.968 bits per heavy atom. The lowest BCUT2D eigenvalue weighted by Gasteiger charge is -2.17. The molecular formula is C16H5F12NO2. The molecule has 15 heteroatoms. The predicted octanol–water partition coefficient (Wildman–Crippen LogP) is 7.34. The Morgan fingerprint density at radius 3 is 1.29 bits per heavy atom. The summed E-state index contributed by atoms with van der Waals surface area (Å²) in [5.74, 6) is 0. The standard InChI is InChI=1S/C16H5F12NO2/c17-13(18,19)7-1-6(2-8(3-7)14(20,21)22)10-4-9(15(23,24)25)5-11(16(26,27)28)12(10)29(30)31/h1-5H. The van der Waals surface area contributed by atoms with E-state index >= 15 is 0 Å². The fourth-order valence-corrected chi connectivity index (χ4v) is 2.54. The third-order valence-electron chi connectivity index (χ3n) is 3.82. The lowest BCUT2D eigenvalue weighted by molar-refractivity contribution is -0.387. The topological polar surface area (TPSA) is 43.1 Å². The molecule has 0 aliphatic rings. The molecule has 0 radical (unpaired) electrons. The number of benzene rings is 2. The first-order valence-corrected chi connectivity index (χ1v) is 7.49. The van der Waals surface area contributed by atoms with Crippen LogP contribution in [0.4, 0.5) is 58.4 Å². The Bertz CT molecular complexity index is 983. The van der Waals surface area contributed by atoms with Gasteiger partial charge < -0.3 is 0 Å². The van der Waals surface area contributed by atoms with Gasteiger partial charge in [-0.25, -0.2) is 0 Å². The van der Waals surface area contributed by atoms with Gasteiger partial charge in [0.1, 0.15) is 5.56 Å². The molecule has 0 N–H and O–H groups in total. The number of rotatable bonds is 2. The van der Waals surface area contributed by atoms with E-state index in [-0.39, 0.29) is 18.2 Å². The summed E-state index contributed by atoms with van der Waals surface area (Å²) in [6.45, 7) is 0. The quantitative estimate of drug-likeness (QED) is 0.261. The van der Waals surface area contributed by atoms with Crippen LogP contribution in [-0.4, -0.2) is 4.92 Å². The number of halogens is 12. The second-order valence-electron chi connectivity index (χ2n) is 5.97. The van der Waals surface area contributed by atoms with E-state index < -0.39 is 80.8 Å². The van der Waals surface area contributed by atoms with Crippen molar-refractivity contribution in [3.63, 3.8) is 0 Å². The molecule has 2 rings (SSSR count). The van der Waals surface area contributed by atoms with Gasteiger partial charge in [-0.15, -0.1) is 0 Å². The van der Waals surface area contributed by atoms with Gasteiger partial charge in [0.05, 0.1) is 27.2 Å². The zero-order chi connectivity index (χ0) is 24.2. The second kappa shape index (κ2) is 7.30. The van der Waals surface area contributed by atoms with E-state index in [0.717, 1.165) is 0 Å². The average molecular weight is 471 g/mol. The molecule has 2 aromatic rings. The number of hydrogen-bond acceptors (Lipinski definition) is 2. The molecule has 0 atom stereocenters. The van der Waals surface area contributed by atoms with E-state index in [4.69, 9.17) is 0 Å². The van der Waals surface area contributed by atoms with Gasteiger partial charge in [0.25, 0.3) is 5.69 Å². The molecule has 0 saturated carbocycles. The number of hydrogen-bond donors (Lipinski definition) is 0. The van der Waals surface area contributed by atoms with Crippen molar-refractivity contribution in [3.05, 3.63) is 62.7 Å². The predicted molar refractivity (Wildman–Crippen MR) is 78.5 cm³/mol. The highest BCUT2D eigenvalue weighted by molar-refractivity contribution is 5.78. The van der Waals surface area contributed by atoms with Crippen molar-refractivity contribution in [2.75, 3.05) is 0 Å². The summed E-state index contributed by atoms with van der Waals surface area (Å²) >= 11 is 0. The Morgan fingerprint density at radius 1 is 0.581 bits per heavy atom. The minimum Gasteiger partial charge on any atom is -0.258 e. The first kappa shape index (κ1) is 24.3. The molecule has 0 unspecified atom stereocenters. The molecule has 0 amide bonds. The third-order valence-corrected chi connectivity index (χ3v) is 3.82. The van der Waals surface area contributed by atoms with Gasteiger partial charge in [0.15, 0.2) is 0 Å². The number of nitro benzene ring substituents is 1. The molecule has 0 aromatic heterocycles. The Kier molecular flexibility index (Phi) is 5.72. The van der Waals surface area contributed by atoms with Crippen molar-refractivity contribution in [2.24, 2.45) is 0 Å². The smallest absolute Gasteiger partial charge is 0.258 e. The maximum absolute atomic E-state index is 13.2. The van der Waals surface area contributed by atoms with Crippen LogP contribution in [0, 0.1) is 10.1 Å². The van der Waals surface area contributed by atoms with Crippen LogP contribution in [0.5, 0.6) is 0 Å². The van der Waals surface area contributed by atoms with Crippen LogP contribution in [0.15, 0.2) is 30.3 Å². The van der Waals surface area contributed by atoms with Crippen LogP contribution < -0.4 is 0 Å². The van der Waals surface area contributed by atoms with Gasteiger partial charge >= 0.3 is 24.7 Å². The van der Waals surface area contributed by atoms with E-state index in [1.54, 1.807) is 0 Å². The van der Waals surface area contributed by atoms with Crippen LogP contribution in [0.25, 0.3) is 11.1 Å². The molecule has 0 aliphatic carbocycles. The van der Waals surface area contributed by atoms with Crippen molar-refractivity contribution < 1.29 is 57.6 Å². The lowest BCUT2D eigenvalue weighted by Crippen LogP contribution is -2.15. The van der Waals surface area contributed by atoms with E-state index in [9.17, 15) is 62.8 Å². The van der Waals surface area contributed by atoms with Crippen molar-refractivity contribution in [1.29, 1.82) is 0 Å².